The van der Waals surface area contributed by atoms with Crippen molar-refractivity contribution in [2.24, 2.45) is 5.41 Å². The van der Waals surface area contributed by atoms with E-state index >= 15 is 0 Å². The molecule has 3 aromatic rings. The van der Waals surface area contributed by atoms with Crippen LogP contribution in [0.15, 0.2) is 42.5 Å². The summed E-state index contributed by atoms with van der Waals surface area (Å²) in [5, 5.41) is 4.44. The van der Waals surface area contributed by atoms with E-state index in [-0.39, 0.29) is 22.4 Å². The van der Waals surface area contributed by atoms with Gasteiger partial charge in [0, 0.05) is 43.4 Å². The summed E-state index contributed by atoms with van der Waals surface area (Å²) in [5.74, 6) is 0.232. The van der Waals surface area contributed by atoms with Crippen LogP contribution in [0.1, 0.15) is 39.3 Å². The van der Waals surface area contributed by atoms with Gasteiger partial charge in [0.05, 0.1) is 7.11 Å². The molecular formula is C24H24ClN5O3S. The van der Waals surface area contributed by atoms with Crippen molar-refractivity contribution < 1.29 is 14.3 Å². The molecule has 34 heavy (non-hydrogen) atoms. The van der Waals surface area contributed by atoms with Gasteiger partial charge in [0.25, 0.3) is 11.8 Å². The summed E-state index contributed by atoms with van der Waals surface area (Å²) in [4.78, 5) is 34.8. The Morgan fingerprint density at radius 2 is 1.74 bits per heavy atom. The lowest BCUT2D eigenvalue weighted by molar-refractivity contribution is 0.0566. The van der Waals surface area contributed by atoms with Gasteiger partial charge >= 0.3 is 0 Å². The molecule has 0 bridgehead atoms. The van der Waals surface area contributed by atoms with Crippen molar-refractivity contribution in [1.29, 1.82) is 0 Å². The number of benzene rings is 1. The molecule has 2 aliphatic rings. The Labute approximate surface area is 206 Å². The van der Waals surface area contributed by atoms with Crippen LogP contribution in [-0.2, 0) is 0 Å². The number of likely N-dealkylation sites (tertiary alicyclic amines) is 2. The SMILES string of the molecule is COc1cc(C(=O)N2CCC3(CC2)CCN(C(=O)c2snnc2-c2ccccc2)C3)cc(Cl)n1. The Hall–Kier alpha value is -3.04. The zero-order chi connectivity index (χ0) is 23.7. The van der Waals surface area contributed by atoms with Crippen molar-refractivity contribution in [1.82, 2.24) is 24.4 Å². The van der Waals surface area contributed by atoms with Crippen LogP contribution in [0.3, 0.4) is 0 Å². The smallest absolute Gasteiger partial charge is 0.267 e. The standard InChI is InChI=1S/C24H24ClN5O3S/c1-33-19-14-17(13-18(25)26-19)22(31)29-10-7-24(8-11-29)9-12-30(15-24)23(32)21-20(27-28-34-21)16-5-3-2-4-6-16/h2-6,13-14H,7-12,15H2,1H3. The number of hydrogen-bond acceptors (Lipinski definition) is 7. The first-order valence-electron chi connectivity index (χ1n) is 11.2. The van der Waals surface area contributed by atoms with E-state index < -0.39 is 0 Å². The summed E-state index contributed by atoms with van der Waals surface area (Å²) in [7, 11) is 1.50. The normalized spacial score (nSPS) is 17.2. The average molecular weight is 498 g/mol. The van der Waals surface area contributed by atoms with Gasteiger partial charge in [0.1, 0.15) is 15.7 Å². The molecule has 2 aliphatic heterocycles. The van der Waals surface area contributed by atoms with Crippen molar-refractivity contribution >= 4 is 34.9 Å². The number of carbonyl (C=O) groups excluding carboxylic acids is 2. The lowest BCUT2D eigenvalue weighted by atomic mass is 9.77. The van der Waals surface area contributed by atoms with Crippen LogP contribution in [0.5, 0.6) is 5.88 Å². The summed E-state index contributed by atoms with van der Waals surface area (Å²) in [6.45, 7) is 2.67. The molecule has 0 N–H and O–H groups in total. The quantitative estimate of drug-likeness (QED) is 0.506. The molecule has 5 rings (SSSR count). The maximum atomic E-state index is 13.3. The number of aromatic nitrogens is 3. The van der Waals surface area contributed by atoms with Crippen molar-refractivity contribution in [3.05, 3.63) is 58.1 Å². The number of pyridine rings is 1. The third-order valence-corrected chi connectivity index (χ3v) is 7.70. The summed E-state index contributed by atoms with van der Waals surface area (Å²) in [6.07, 6.45) is 2.64. The number of piperidine rings is 1. The van der Waals surface area contributed by atoms with E-state index in [0.29, 0.717) is 48.2 Å². The Kier molecular flexibility index (Phi) is 6.22. The van der Waals surface area contributed by atoms with Crippen LogP contribution in [0, 0.1) is 5.41 Å². The lowest BCUT2D eigenvalue weighted by Crippen LogP contribution is -2.44. The van der Waals surface area contributed by atoms with E-state index in [9.17, 15) is 9.59 Å². The van der Waals surface area contributed by atoms with Gasteiger partial charge in [-0.2, -0.15) is 0 Å². The number of amides is 2. The highest BCUT2D eigenvalue weighted by Gasteiger charge is 2.43. The summed E-state index contributed by atoms with van der Waals surface area (Å²) in [5.41, 5.74) is 2.05. The molecule has 1 aromatic carbocycles. The zero-order valence-electron chi connectivity index (χ0n) is 18.7. The molecule has 2 saturated heterocycles. The molecule has 8 nitrogen and oxygen atoms in total. The maximum absolute atomic E-state index is 13.3. The molecule has 4 heterocycles. The number of halogens is 1. The van der Waals surface area contributed by atoms with E-state index in [1.807, 2.05) is 40.1 Å². The first kappa shape index (κ1) is 22.7. The Morgan fingerprint density at radius 3 is 2.44 bits per heavy atom. The Morgan fingerprint density at radius 1 is 1.03 bits per heavy atom. The minimum atomic E-state index is -0.0772. The fraction of sp³-hybridized carbons (Fsp3) is 0.375. The minimum Gasteiger partial charge on any atom is -0.481 e. The first-order valence-corrected chi connectivity index (χ1v) is 12.3. The lowest BCUT2D eigenvalue weighted by Gasteiger charge is -2.39. The van der Waals surface area contributed by atoms with Gasteiger partial charge in [-0.1, -0.05) is 46.4 Å². The van der Waals surface area contributed by atoms with Crippen molar-refractivity contribution in [3.8, 4) is 17.1 Å². The predicted octanol–water partition coefficient (Wildman–Crippen LogP) is 4.03. The van der Waals surface area contributed by atoms with E-state index in [1.165, 1.54) is 7.11 Å². The molecule has 2 amide bonds. The molecular weight excluding hydrogens is 474 g/mol. The zero-order valence-corrected chi connectivity index (χ0v) is 20.3. The highest BCUT2D eigenvalue weighted by molar-refractivity contribution is 7.08. The summed E-state index contributed by atoms with van der Waals surface area (Å²) in [6, 6.07) is 12.9. The van der Waals surface area contributed by atoms with Crippen LogP contribution < -0.4 is 4.74 Å². The predicted molar refractivity (Wildman–Crippen MR) is 129 cm³/mol. The molecule has 1 spiro atoms. The van der Waals surface area contributed by atoms with Crippen LogP contribution in [-0.4, -0.2) is 69.5 Å². The topological polar surface area (TPSA) is 88.5 Å². The molecule has 0 atom stereocenters. The summed E-state index contributed by atoms with van der Waals surface area (Å²) >= 11 is 7.19. The number of carbonyl (C=O) groups is 2. The largest absolute Gasteiger partial charge is 0.481 e. The van der Waals surface area contributed by atoms with Gasteiger partial charge in [-0.15, -0.1) is 5.10 Å². The second-order valence-electron chi connectivity index (χ2n) is 8.81. The number of ether oxygens (including phenoxy) is 1. The van der Waals surface area contributed by atoms with Gasteiger partial charge in [-0.3, -0.25) is 9.59 Å². The molecule has 0 saturated carbocycles. The van der Waals surface area contributed by atoms with E-state index in [2.05, 4.69) is 14.6 Å². The van der Waals surface area contributed by atoms with Crippen molar-refractivity contribution in [2.45, 2.75) is 19.3 Å². The number of nitrogens with zero attached hydrogens (tertiary/aromatic N) is 5. The second kappa shape index (κ2) is 9.31. The van der Waals surface area contributed by atoms with Gasteiger partial charge in [-0.25, -0.2) is 4.98 Å². The molecule has 0 aliphatic carbocycles. The number of rotatable bonds is 4. The van der Waals surface area contributed by atoms with Gasteiger partial charge in [-0.05, 0) is 42.3 Å². The number of methoxy groups -OCH3 is 1. The van der Waals surface area contributed by atoms with Gasteiger partial charge in [0.15, 0.2) is 0 Å². The van der Waals surface area contributed by atoms with Crippen LogP contribution in [0.2, 0.25) is 5.15 Å². The Balaban J connectivity index is 1.24. The van der Waals surface area contributed by atoms with Gasteiger partial charge in [0.2, 0.25) is 5.88 Å². The second-order valence-corrected chi connectivity index (χ2v) is 9.95. The molecule has 2 aromatic heterocycles. The van der Waals surface area contributed by atoms with Crippen LogP contribution in [0.4, 0.5) is 0 Å². The summed E-state index contributed by atoms with van der Waals surface area (Å²) < 4.78 is 9.19. The van der Waals surface area contributed by atoms with Crippen molar-refractivity contribution in [3.63, 3.8) is 0 Å². The van der Waals surface area contributed by atoms with Crippen molar-refractivity contribution in [2.75, 3.05) is 33.3 Å². The monoisotopic (exact) mass is 497 g/mol. The minimum absolute atomic E-state index is 0.0113. The van der Waals surface area contributed by atoms with E-state index in [4.69, 9.17) is 16.3 Å². The molecule has 176 valence electrons. The third kappa shape index (κ3) is 4.37. The molecule has 10 heteroatoms. The highest BCUT2D eigenvalue weighted by Crippen LogP contribution is 2.41. The fourth-order valence-electron chi connectivity index (χ4n) is 4.84. The molecule has 0 unspecified atom stereocenters. The molecule has 2 fully saturated rings. The maximum Gasteiger partial charge on any atom is 0.267 e. The number of hydrogen-bond donors (Lipinski definition) is 0. The third-order valence-electron chi connectivity index (χ3n) is 6.79. The first-order chi connectivity index (χ1) is 16.5. The fourth-order valence-corrected chi connectivity index (χ4v) is 5.70. The highest BCUT2D eigenvalue weighted by atomic mass is 35.5. The van der Waals surface area contributed by atoms with E-state index in [1.54, 1.807) is 12.1 Å². The Bertz CT molecular complexity index is 1210. The van der Waals surface area contributed by atoms with E-state index in [0.717, 1.165) is 36.4 Å². The molecule has 0 radical (unpaired) electrons. The van der Waals surface area contributed by atoms with Crippen LogP contribution in [0.25, 0.3) is 11.3 Å². The van der Waals surface area contributed by atoms with Gasteiger partial charge < -0.3 is 14.5 Å². The average Bonchev–Trinajstić information content (AvgIpc) is 3.52. The van der Waals surface area contributed by atoms with Crippen LogP contribution >= 0.6 is 23.1 Å².